The Kier molecular flexibility index (Phi) is 6.12. The molecule has 168 valence electrons. The highest BCUT2D eigenvalue weighted by molar-refractivity contribution is 6.05. The van der Waals surface area contributed by atoms with E-state index in [-0.39, 0.29) is 11.7 Å². The van der Waals surface area contributed by atoms with Gasteiger partial charge in [0.25, 0.3) is 0 Å². The van der Waals surface area contributed by atoms with Gasteiger partial charge in [-0.15, -0.1) is 0 Å². The Morgan fingerprint density at radius 2 is 1.74 bits per heavy atom. The molecule has 0 saturated heterocycles. The molecule has 5 nitrogen and oxygen atoms in total. The average molecular weight is 448 g/mol. The summed E-state index contributed by atoms with van der Waals surface area (Å²) >= 11 is 0. The van der Waals surface area contributed by atoms with Crippen LogP contribution in [0, 0.1) is 22.8 Å². The first kappa shape index (κ1) is 21.9. The van der Waals surface area contributed by atoms with Crippen LogP contribution in [0.2, 0.25) is 0 Å². The summed E-state index contributed by atoms with van der Waals surface area (Å²) in [6.07, 6.45) is 6.37. The maximum absolute atomic E-state index is 9.37. The molecule has 3 aromatic carbocycles. The van der Waals surface area contributed by atoms with E-state index in [1.54, 1.807) is 6.07 Å². The fraction of sp³-hybridized carbons (Fsp3) is 0.276. The van der Waals surface area contributed by atoms with Crippen molar-refractivity contribution in [3.8, 4) is 29.1 Å². The van der Waals surface area contributed by atoms with Crippen LogP contribution in [0.4, 0.5) is 0 Å². The summed E-state index contributed by atoms with van der Waals surface area (Å²) in [7, 11) is 0. The minimum Gasteiger partial charge on any atom is -0.486 e. The van der Waals surface area contributed by atoms with Crippen LogP contribution in [-0.4, -0.2) is 17.4 Å². The number of nitrogens with zero attached hydrogens (tertiary/aromatic N) is 3. The quantitative estimate of drug-likeness (QED) is 0.448. The summed E-state index contributed by atoms with van der Waals surface area (Å²) in [4.78, 5) is 4.20. The zero-order valence-electron chi connectivity index (χ0n) is 18.9. The van der Waals surface area contributed by atoms with Crippen molar-refractivity contribution in [1.29, 1.82) is 10.5 Å². The van der Waals surface area contributed by atoms with Crippen LogP contribution >= 0.6 is 0 Å². The topological polar surface area (TPSA) is 78.4 Å². The predicted molar refractivity (Wildman–Crippen MR) is 130 cm³/mol. The summed E-state index contributed by atoms with van der Waals surface area (Å²) < 4.78 is 12.8. The lowest BCUT2D eigenvalue weighted by molar-refractivity contribution is -0.0460. The largest absolute Gasteiger partial charge is 0.486 e. The van der Waals surface area contributed by atoms with Crippen molar-refractivity contribution in [3.63, 3.8) is 0 Å². The first-order valence-corrected chi connectivity index (χ1v) is 11.6. The molecule has 0 N–H and O–H groups in total. The van der Waals surface area contributed by atoms with Crippen molar-refractivity contribution < 1.29 is 9.47 Å². The van der Waals surface area contributed by atoms with Gasteiger partial charge in [-0.05, 0) is 66.6 Å². The van der Waals surface area contributed by atoms with Crippen LogP contribution in [0.15, 0.2) is 77.8 Å². The molecular weight excluding hydrogens is 422 g/mol. The minimum atomic E-state index is -0.350. The van der Waals surface area contributed by atoms with Gasteiger partial charge in [0.1, 0.15) is 11.4 Å². The molecule has 34 heavy (non-hydrogen) atoms. The van der Waals surface area contributed by atoms with E-state index in [0.29, 0.717) is 18.6 Å². The van der Waals surface area contributed by atoms with Crippen molar-refractivity contribution in [2.45, 2.75) is 50.4 Å². The molecule has 5 rings (SSSR count). The molecule has 3 aromatic rings. The number of rotatable bonds is 4. The molecule has 0 radical (unpaired) electrons. The lowest BCUT2D eigenvalue weighted by Crippen LogP contribution is -2.46. The zero-order valence-corrected chi connectivity index (χ0v) is 18.9. The second-order valence-electron chi connectivity index (χ2n) is 9.02. The second kappa shape index (κ2) is 9.51. The van der Waals surface area contributed by atoms with E-state index < -0.39 is 0 Å². The van der Waals surface area contributed by atoms with E-state index in [2.05, 4.69) is 23.2 Å². The highest BCUT2D eigenvalue weighted by atomic mass is 16.5. The molecule has 1 aliphatic carbocycles. The summed E-state index contributed by atoms with van der Waals surface area (Å²) in [5.41, 5.74) is 5.00. The smallest absolute Gasteiger partial charge is 0.205 e. The molecule has 0 atom stereocenters. The van der Waals surface area contributed by atoms with Gasteiger partial charge < -0.3 is 9.47 Å². The number of nitriles is 2. The van der Waals surface area contributed by atoms with Crippen molar-refractivity contribution >= 4 is 5.71 Å². The summed E-state index contributed by atoms with van der Waals surface area (Å²) in [5.74, 6) is 0.768. The third kappa shape index (κ3) is 4.57. The van der Waals surface area contributed by atoms with Crippen molar-refractivity contribution in [2.75, 3.05) is 0 Å². The standard InChI is InChI=1S/C29H25N3O2/c30-18-22-7-4-8-23(15-22)24-9-10-28-26(16-24)27(32-20-31)17-29(34-28)13-11-25(12-14-29)33-19-21-5-2-1-3-6-21/h1-10,15-16,25H,11-14,17,19H2/b32-27+. The van der Waals surface area contributed by atoms with E-state index in [1.165, 1.54) is 5.56 Å². The molecule has 5 heteroatoms. The number of fused-ring (bicyclic) bond motifs is 1. The number of hydrogen-bond donors (Lipinski definition) is 0. The fourth-order valence-electron chi connectivity index (χ4n) is 4.97. The highest BCUT2D eigenvalue weighted by Crippen LogP contribution is 2.43. The number of ether oxygens (including phenoxy) is 2. The fourth-order valence-corrected chi connectivity index (χ4v) is 4.97. The van der Waals surface area contributed by atoms with Crippen LogP contribution in [-0.2, 0) is 11.3 Å². The molecule has 0 unspecified atom stereocenters. The maximum Gasteiger partial charge on any atom is 0.205 e. The minimum absolute atomic E-state index is 0.210. The summed E-state index contributed by atoms with van der Waals surface area (Å²) in [6.45, 7) is 0.624. The van der Waals surface area contributed by atoms with E-state index in [4.69, 9.17) is 9.47 Å². The first-order valence-electron chi connectivity index (χ1n) is 11.6. The Hall–Kier alpha value is -3.93. The Labute approximate surface area is 199 Å². The van der Waals surface area contributed by atoms with Crippen molar-refractivity contribution in [3.05, 3.63) is 89.5 Å². The van der Waals surface area contributed by atoms with Gasteiger partial charge in [-0.1, -0.05) is 48.5 Å². The van der Waals surface area contributed by atoms with Crippen molar-refractivity contribution in [1.82, 2.24) is 0 Å². The van der Waals surface area contributed by atoms with E-state index >= 15 is 0 Å². The van der Waals surface area contributed by atoms with Gasteiger partial charge >= 0.3 is 0 Å². The van der Waals surface area contributed by atoms with Gasteiger partial charge in [0.15, 0.2) is 0 Å². The molecule has 0 bridgehead atoms. The third-order valence-corrected chi connectivity index (χ3v) is 6.79. The molecule has 1 heterocycles. The molecule has 0 amide bonds. The Morgan fingerprint density at radius 1 is 0.941 bits per heavy atom. The Morgan fingerprint density at radius 3 is 2.50 bits per heavy atom. The molecule has 1 aliphatic heterocycles. The normalized spacial score (nSPS) is 22.4. The van der Waals surface area contributed by atoms with Crippen molar-refractivity contribution in [2.24, 2.45) is 4.99 Å². The predicted octanol–water partition coefficient (Wildman–Crippen LogP) is 6.18. The van der Waals surface area contributed by atoms with E-state index in [0.717, 1.165) is 53.8 Å². The second-order valence-corrected chi connectivity index (χ2v) is 9.02. The molecule has 1 fully saturated rings. The number of aliphatic imine (C=N–C) groups is 1. The number of hydrogen-bond acceptors (Lipinski definition) is 5. The SMILES string of the molecule is N#C/N=C1\CC2(CCC(OCc3ccccc3)CC2)Oc2ccc(-c3cccc(C#N)c3)cc21. The van der Waals surface area contributed by atoms with E-state index in [1.807, 2.05) is 60.8 Å². The lowest BCUT2D eigenvalue weighted by atomic mass is 9.77. The van der Waals surface area contributed by atoms with Crippen LogP contribution in [0.5, 0.6) is 5.75 Å². The maximum atomic E-state index is 9.37. The van der Waals surface area contributed by atoms with Gasteiger partial charge in [-0.3, -0.25) is 0 Å². The summed E-state index contributed by atoms with van der Waals surface area (Å²) in [5, 5.41) is 18.6. The Balaban J connectivity index is 1.33. The van der Waals surface area contributed by atoms with Gasteiger partial charge in [0.05, 0.1) is 30.1 Å². The number of benzene rings is 3. The molecule has 1 spiro atoms. The monoisotopic (exact) mass is 447 g/mol. The zero-order chi connectivity index (χ0) is 23.4. The van der Waals surface area contributed by atoms with Crippen LogP contribution < -0.4 is 4.74 Å². The van der Waals surface area contributed by atoms with Gasteiger partial charge in [-0.25, -0.2) is 0 Å². The lowest BCUT2D eigenvalue weighted by Gasteiger charge is -2.43. The van der Waals surface area contributed by atoms with Gasteiger partial charge in [0.2, 0.25) is 6.19 Å². The van der Waals surface area contributed by atoms with Crippen LogP contribution in [0.25, 0.3) is 11.1 Å². The molecule has 0 aromatic heterocycles. The molecule has 2 aliphatic rings. The molecular formula is C29H25N3O2. The molecule has 1 saturated carbocycles. The first-order chi connectivity index (χ1) is 16.7. The van der Waals surface area contributed by atoms with Gasteiger partial charge in [0, 0.05) is 12.0 Å². The van der Waals surface area contributed by atoms with Crippen LogP contribution in [0.1, 0.15) is 48.8 Å². The third-order valence-electron chi connectivity index (χ3n) is 6.79. The average Bonchev–Trinajstić information content (AvgIpc) is 2.89. The summed E-state index contributed by atoms with van der Waals surface area (Å²) in [6, 6.07) is 25.9. The van der Waals surface area contributed by atoms with E-state index in [9.17, 15) is 10.5 Å². The van der Waals surface area contributed by atoms with Crippen LogP contribution in [0.3, 0.4) is 0 Å². The van der Waals surface area contributed by atoms with Gasteiger partial charge in [-0.2, -0.15) is 15.5 Å². The Bertz CT molecular complexity index is 1290. The highest BCUT2D eigenvalue weighted by Gasteiger charge is 2.42.